The van der Waals surface area contributed by atoms with E-state index in [9.17, 15) is 4.39 Å². The maximum Gasteiger partial charge on any atom is 0.145 e. The van der Waals surface area contributed by atoms with Crippen LogP contribution in [0.25, 0.3) is 0 Å². The normalized spacial score (nSPS) is 17.4. The number of nitrogens with two attached hydrogens (primary N) is 1. The van der Waals surface area contributed by atoms with E-state index in [1.807, 2.05) is 0 Å². The van der Waals surface area contributed by atoms with E-state index < -0.39 is 0 Å². The van der Waals surface area contributed by atoms with E-state index in [-0.39, 0.29) is 16.9 Å². The number of hydrogen-bond acceptors (Lipinski definition) is 2. The molecule has 4 heteroatoms. The number of rotatable bonds is 4. The maximum atomic E-state index is 13.8. The van der Waals surface area contributed by atoms with E-state index in [0.717, 1.165) is 12.8 Å². The second-order valence-corrected chi connectivity index (χ2v) is 5.07. The summed E-state index contributed by atoms with van der Waals surface area (Å²) in [5.41, 5.74) is 4.68. The van der Waals surface area contributed by atoms with Gasteiger partial charge in [0.25, 0.3) is 0 Å². The van der Waals surface area contributed by atoms with Crippen molar-refractivity contribution in [1.29, 1.82) is 0 Å². The minimum absolute atomic E-state index is 0.00160. The van der Waals surface area contributed by atoms with Crippen LogP contribution in [0.4, 0.5) is 4.39 Å². The summed E-state index contributed by atoms with van der Waals surface area (Å²) in [6.45, 7) is 0. The van der Waals surface area contributed by atoms with Crippen LogP contribution in [0.2, 0.25) is 5.02 Å². The largest absolute Gasteiger partial charge is 0.271 e. The zero-order valence-electron chi connectivity index (χ0n) is 10.3. The first-order chi connectivity index (χ1) is 8.72. The van der Waals surface area contributed by atoms with Gasteiger partial charge in [-0.05, 0) is 43.7 Å². The van der Waals surface area contributed by atoms with Gasteiger partial charge in [-0.2, -0.15) is 0 Å². The van der Waals surface area contributed by atoms with Gasteiger partial charge in [0.15, 0.2) is 0 Å². The van der Waals surface area contributed by atoms with Crippen LogP contribution in [-0.4, -0.2) is 6.04 Å². The number of hydrazine groups is 1. The van der Waals surface area contributed by atoms with Crippen molar-refractivity contribution in [3.05, 3.63) is 46.3 Å². The van der Waals surface area contributed by atoms with Crippen LogP contribution in [0.1, 0.15) is 31.2 Å². The first kappa shape index (κ1) is 13.5. The minimum Gasteiger partial charge on any atom is -0.271 e. The molecule has 1 aliphatic rings. The van der Waals surface area contributed by atoms with Crippen molar-refractivity contribution in [2.45, 2.75) is 38.1 Å². The number of halogens is 2. The molecule has 1 aliphatic carbocycles. The van der Waals surface area contributed by atoms with Gasteiger partial charge in [0, 0.05) is 6.04 Å². The SMILES string of the molecule is NNC(Cc1cccc(Cl)c1F)C1=CCCCC1. The molecule has 0 heterocycles. The van der Waals surface area contributed by atoms with Crippen molar-refractivity contribution in [2.24, 2.45) is 5.84 Å². The average molecular weight is 269 g/mol. The van der Waals surface area contributed by atoms with Gasteiger partial charge in [-0.3, -0.25) is 11.3 Å². The van der Waals surface area contributed by atoms with E-state index in [2.05, 4.69) is 11.5 Å². The van der Waals surface area contributed by atoms with Crippen molar-refractivity contribution < 1.29 is 4.39 Å². The van der Waals surface area contributed by atoms with Crippen LogP contribution < -0.4 is 11.3 Å². The first-order valence-electron chi connectivity index (χ1n) is 6.30. The van der Waals surface area contributed by atoms with Crippen LogP contribution >= 0.6 is 11.6 Å². The molecule has 98 valence electrons. The van der Waals surface area contributed by atoms with E-state index in [1.165, 1.54) is 18.4 Å². The van der Waals surface area contributed by atoms with E-state index in [0.29, 0.717) is 12.0 Å². The van der Waals surface area contributed by atoms with Crippen LogP contribution in [-0.2, 0) is 6.42 Å². The van der Waals surface area contributed by atoms with Crippen molar-refractivity contribution in [1.82, 2.24) is 5.43 Å². The van der Waals surface area contributed by atoms with Crippen molar-refractivity contribution in [3.8, 4) is 0 Å². The van der Waals surface area contributed by atoms with Gasteiger partial charge in [0.2, 0.25) is 0 Å². The highest BCUT2D eigenvalue weighted by Crippen LogP contribution is 2.24. The molecule has 0 amide bonds. The van der Waals surface area contributed by atoms with Gasteiger partial charge in [-0.15, -0.1) is 0 Å². The van der Waals surface area contributed by atoms with Gasteiger partial charge in [-0.1, -0.05) is 35.4 Å². The Morgan fingerprint density at radius 3 is 2.89 bits per heavy atom. The third-order valence-electron chi connectivity index (χ3n) is 3.43. The molecule has 0 saturated carbocycles. The molecule has 2 nitrogen and oxygen atoms in total. The smallest absolute Gasteiger partial charge is 0.145 e. The monoisotopic (exact) mass is 268 g/mol. The first-order valence-corrected chi connectivity index (χ1v) is 6.68. The van der Waals surface area contributed by atoms with E-state index in [4.69, 9.17) is 17.4 Å². The Morgan fingerprint density at radius 1 is 1.39 bits per heavy atom. The van der Waals surface area contributed by atoms with Gasteiger partial charge in [-0.25, -0.2) is 4.39 Å². The van der Waals surface area contributed by atoms with Gasteiger partial charge in [0.1, 0.15) is 5.82 Å². The molecule has 0 aliphatic heterocycles. The number of hydrogen-bond donors (Lipinski definition) is 2. The summed E-state index contributed by atoms with van der Waals surface area (Å²) in [6, 6.07) is 5.09. The quantitative estimate of drug-likeness (QED) is 0.499. The molecule has 0 spiro atoms. The van der Waals surface area contributed by atoms with Crippen molar-refractivity contribution >= 4 is 11.6 Å². The predicted octanol–water partition coefficient (Wildman–Crippen LogP) is 3.35. The highest BCUT2D eigenvalue weighted by Gasteiger charge is 2.17. The summed E-state index contributed by atoms with van der Waals surface area (Å²) < 4.78 is 13.8. The molecule has 0 radical (unpaired) electrons. The summed E-state index contributed by atoms with van der Waals surface area (Å²) in [4.78, 5) is 0. The lowest BCUT2D eigenvalue weighted by molar-refractivity contribution is 0.526. The predicted molar refractivity (Wildman–Crippen MR) is 72.8 cm³/mol. The molecular weight excluding hydrogens is 251 g/mol. The Labute approximate surface area is 112 Å². The third kappa shape index (κ3) is 3.10. The van der Waals surface area contributed by atoms with Gasteiger partial charge >= 0.3 is 0 Å². The fraction of sp³-hybridized carbons (Fsp3) is 0.429. The number of nitrogens with one attached hydrogen (secondary N) is 1. The molecule has 1 unspecified atom stereocenters. The average Bonchev–Trinajstić information content (AvgIpc) is 2.41. The molecule has 1 aromatic carbocycles. The standard InChI is InChI=1S/C14H18ClFN2/c15-12-8-4-7-11(14(12)16)9-13(18-17)10-5-2-1-3-6-10/h4-5,7-8,13,18H,1-3,6,9,17H2. The zero-order chi connectivity index (χ0) is 13.0. The highest BCUT2D eigenvalue weighted by atomic mass is 35.5. The molecule has 3 N–H and O–H groups in total. The lowest BCUT2D eigenvalue weighted by Gasteiger charge is -2.23. The molecule has 0 saturated heterocycles. The van der Waals surface area contributed by atoms with Crippen molar-refractivity contribution in [2.75, 3.05) is 0 Å². The molecule has 2 rings (SSSR count). The lowest BCUT2D eigenvalue weighted by atomic mass is 9.90. The molecule has 1 atom stereocenters. The molecule has 0 fully saturated rings. The Hall–Kier alpha value is -0.900. The lowest BCUT2D eigenvalue weighted by Crippen LogP contribution is -2.39. The van der Waals surface area contributed by atoms with Gasteiger partial charge in [0.05, 0.1) is 5.02 Å². The van der Waals surface area contributed by atoms with Crippen molar-refractivity contribution in [3.63, 3.8) is 0 Å². The molecule has 0 aromatic heterocycles. The summed E-state index contributed by atoms with van der Waals surface area (Å²) in [7, 11) is 0. The Morgan fingerprint density at radius 2 is 2.22 bits per heavy atom. The van der Waals surface area contributed by atoms with Crippen LogP contribution in [0.15, 0.2) is 29.8 Å². The number of allylic oxidation sites excluding steroid dienone is 1. The van der Waals surface area contributed by atoms with Crippen LogP contribution in [0.3, 0.4) is 0 Å². The maximum absolute atomic E-state index is 13.8. The van der Waals surface area contributed by atoms with Crippen LogP contribution in [0, 0.1) is 5.82 Å². The second kappa shape index (κ2) is 6.32. The molecule has 18 heavy (non-hydrogen) atoms. The Bertz CT molecular complexity index is 445. The summed E-state index contributed by atoms with van der Waals surface area (Å²) in [6.07, 6.45) is 7.29. The van der Waals surface area contributed by atoms with E-state index >= 15 is 0 Å². The Balaban J connectivity index is 2.15. The minimum atomic E-state index is -0.337. The van der Waals surface area contributed by atoms with Crippen LogP contribution in [0.5, 0.6) is 0 Å². The number of benzene rings is 1. The second-order valence-electron chi connectivity index (χ2n) is 4.66. The molecule has 1 aromatic rings. The zero-order valence-corrected chi connectivity index (χ0v) is 11.0. The highest BCUT2D eigenvalue weighted by molar-refractivity contribution is 6.30. The summed E-state index contributed by atoms with van der Waals surface area (Å²) in [5.74, 6) is 5.26. The Kier molecular flexibility index (Phi) is 4.75. The van der Waals surface area contributed by atoms with E-state index in [1.54, 1.807) is 18.2 Å². The summed E-state index contributed by atoms with van der Waals surface area (Å²) >= 11 is 5.78. The summed E-state index contributed by atoms with van der Waals surface area (Å²) in [5, 5.41) is 0.167. The third-order valence-corrected chi connectivity index (χ3v) is 3.72. The fourth-order valence-electron chi connectivity index (χ4n) is 2.40. The fourth-order valence-corrected chi connectivity index (χ4v) is 2.60. The molecular formula is C14H18ClFN2. The molecule has 0 bridgehead atoms. The topological polar surface area (TPSA) is 38.0 Å². The van der Waals surface area contributed by atoms with Gasteiger partial charge < -0.3 is 0 Å².